The van der Waals surface area contributed by atoms with E-state index in [4.69, 9.17) is 5.26 Å². The molecule has 0 aromatic carbocycles. The van der Waals surface area contributed by atoms with E-state index in [0.717, 1.165) is 12.8 Å². The van der Waals surface area contributed by atoms with Crippen molar-refractivity contribution in [3.8, 4) is 6.07 Å². The van der Waals surface area contributed by atoms with Crippen LogP contribution in [0.1, 0.15) is 38.5 Å². The van der Waals surface area contributed by atoms with Crippen LogP contribution in [0.2, 0.25) is 0 Å². The smallest absolute Gasteiger partial charge is 0.0621 e. The van der Waals surface area contributed by atoms with Gasteiger partial charge in [-0.3, -0.25) is 0 Å². The molecule has 72 valence electrons. The lowest BCUT2D eigenvalue weighted by molar-refractivity contribution is 0.308. The summed E-state index contributed by atoms with van der Waals surface area (Å²) >= 11 is 0. The molecule has 1 fully saturated rings. The number of piperidine rings is 1. The second kappa shape index (κ2) is 6.54. The van der Waals surface area contributed by atoms with Gasteiger partial charge >= 0.3 is 0 Å². The highest BCUT2D eigenvalue weighted by molar-refractivity contribution is 4.85. The fourth-order valence-electron chi connectivity index (χ4n) is 1.59. The Morgan fingerprint density at radius 2 is 2.00 bits per heavy atom. The molecule has 0 radical (unpaired) electrons. The number of rotatable bonds is 4. The fourth-order valence-corrected chi connectivity index (χ4v) is 1.59. The Labute approximate surface area is 80.8 Å². The molecule has 13 heavy (non-hydrogen) atoms. The highest BCUT2D eigenvalue weighted by Crippen LogP contribution is 2.09. The van der Waals surface area contributed by atoms with Gasteiger partial charge in [0.2, 0.25) is 0 Å². The number of hydrogen-bond acceptors (Lipinski definition) is 2. The maximum atomic E-state index is 8.33. The van der Waals surface area contributed by atoms with Crippen molar-refractivity contribution in [1.82, 2.24) is 4.90 Å². The van der Waals surface area contributed by atoms with Crippen molar-refractivity contribution in [3.05, 3.63) is 12.3 Å². The van der Waals surface area contributed by atoms with Gasteiger partial charge in [0.25, 0.3) is 0 Å². The van der Waals surface area contributed by atoms with Crippen molar-refractivity contribution >= 4 is 0 Å². The van der Waals surface area contributed by atoms with E-state index in [1.807, 2.05) is 0 Å². The Balaban J connectivity index is 2.05. The third kappa shape index (κ3) is 4.57. The van der Waals surface area contributed by atoms with E-state index in [-0.39, 0.29) is 0 Å². The van der Waals surface area contributed by atoms with Crippen LogP contribution in [-0.4, -0.2) is 18.0 Å². The molecule has 1 rings (SSSR count). The highest BCUT2D eigenvalue weighted by atomic mass is 15.1. The Morgan fingerprint density at radius 1 is 1.23 bits per heavy atom. The van der Waals surface area contributed by atoms with Gasteiger partial charge in [0, 0.05) is 19.5 Å². The van der Waals surface area contributed by atoms with Crippen LogP contribution in [0.3, 0.4) is 0 Å². The number of unbranched alkanes of at least 4 members (excludes halogenated alkanes) is 2. The quantitative estimate of drug-likeness (QED) is 0.619. The van der Waals surface area contributed by atoms with E-state index in [1.54, 1.807) is 0 Å². The first-order valence-electron chi connectivity index (χ1n) is 5.21. The summed E-state index contributed by atoms with van der Waals surface area (Å²) in [6, 6.07) is 2.16. The Kier molecular flexibility index (Phi) is 5.08. The molecule has 0 aliphatic carbocycles. The molecule has 1 aliphatic heterocycles. The summed E-state index contributed by atoms with van der Waals surface area (Å²) in [6.07, 6.45) is 11.2. The van der Waals surface area contributed by atoms with Crippen molar-refractivity contribution in [1.29, 1.82) is 5.26 Å². The zero-order chi connectivity index (χ0) is 9.36. The van der Waals surface area contributed by atoms with Gasteiger partial charge in [0.05, 0.1) is 6.07 Å². The van der Waals surface area contributed by atoms with Crippen LogP contribution in [-0.2, 0) is 0 Å². The highest BCUT2D eigenvalue weighted by Gasteiger charge is 2.04. The average Bonchev–Trinajstić information content (AvgIpc) is 2.19. The third-order valence-electron chi connectivity index (χ3n) is 2.37. The van der Waals surface area contributed by atoms with Gasteiger partial charge in [0.15, 0.2) is 0 Å². The number of allylic oxidation sites excluding steroid dienone is 1. The Hall–Kier alpha value is -0.970. The average molecular weight is 178 g/mol. The summed E-state index contributed by atoms with van der Waals surface area (Å²) in [7, 11) is 0. The standard InChI is InChI=1S/C11H18N2/c12-8-4-1-2-5-9-13-10-6-3-7-11-13/h5,9H,1-4,6-7,10-11H2/b9-5+. The largest absolute Gasteiger partial charge is 0.378 e. The van der Waals surface area contributed by atoms with Crippen LogP contribution >= 0.6 is 0 Å². The first-order valence-corrected chi connectivity index (χ1v) is 5.21. The number of hydrogen-bond donors (Lipinski definition) is 0. The van der Waals surface area contributed by atoms with E-state index in [2.05, 4.69) is 23.2 Å². The molecule has 2 heteroatoms. The predicted octanol–water partition coefficient (Wildman–Crippen LogP) is 2.68. The number of likely N-dealkylation sites (tertiary alicyclic amines) is 1. The monoisotopic (exact) mass is 178 g/mol. The number of nitriles is 1. The normalized spacial score (nSPS) is 17.6. The minimum atomic E-state index is 0.685. The minimum absolute atomic E-state index is 0.685. The summed E-state index contributed by atoms with van der Waals surface area (Å²) in [5.41, 5.74) is 0. The van der Waals surface area contributed by atoms with Gasteiger partial charge in [-0.05, 0) is 38.3 Å². The van der Waals surface area contributed by atoms with Gasteiger partial charge in [-0.15, -0.1) is 0 Å². The molecule has 0 amide bonds. The zero-order valence-electron chi connectivity index (χ0n) is 8.21. The molecular weight excluding hydrogens is 160 g/mol. The lowest BCUT2D eigenvalue weighted by Crippen LogP contribution is -2.23. The van der Waals surface area contributed by atoms with Gasteiger partial charge in [-0.1, -0.05) is 6.08 Å². The lowest BCUT2D eigenvalue weighted by atomic mass is 10.1. The van der Waals surface area contributed by atoms with Gasteiger partial charge in [0.1, 0.15) is 0 Å². The molecule has 1 heterocycles. The Bertz CT molecular complexity index is 185. The van der Waals surface area contributed by atoms with Crippen LogP contribution < -0.4 is 0 Å². The van der Waals surface area contributed by atoms with Gasteiger partial charge in [-0.25, -0.2) is 0 Å². The predicted molar refractivity (Wildman–Crippen MR) is 54.0 cm³/mol. The molecule has 0 atom stereocenters. The van der Waals surface area contributed by atoms with Gasteiger partial charge in [-0.2, -0.15) is 5.26 Å². The lowest BCUT2D eigenvalue weighted by Gasteiger charge is -2.24. The first kappa shape index (κ1) is 10.1. The van der Waals surface area contributed by atoms with Gasteiger partial charge < -0.3 is 4.90 Å². The molecule has 0 saturated carbocycles. The van der Waals surface area contributed by atoms with E-state index in [0.29, 0.717) is 6.42 Å². The van der Waals surface area contributed by atoms with Crippen LogP contribution in [0, 0.1) is 11.3 Å². The molecule has 0 aromatic heterocycles. The summed E-state index contributed by atoms with van der Waals surface area (Å²) < 4.78 is 0. The summed E-state index contributed by atoms with van der Waals surface area (Å²) in [4.78, 5) is 2.38. The van der Waals surface area contributed by atoms with Crippen LogP contribution in [0.5, 0.6) is 0 Å². The van der Waals surface area contributed by atoms with E-state index in [9.17, 15) is 0 Å². The molecule has 1 aliphatic rings. The molecule has 0 bridgehead atoms. The topological polar surface area (TPSA) is 27.0 Å². The maximum Gasteiger partial charge on any atom is 0.0621 e. The van der Waals surface area contributed by atoms with E-state index < -0.39 is 0 Å². The van der Waals surface area contributed by atoms with E-state index >= 15 is 0 Å². The molecule has 1 saturated heterocycles. The summed E-state index contributed by atoms with van der Waals surface area (Å²) in [6.45, 7) is 2.43. The molecule has 0 spiro atoms. The van der Waals surface area contributed by atoms with E-state index in [1.165, 1.54) is 32.4 Å². The third-order valence-corrected chi connectivity index (χ3v) is 2.37. The molecular formula is C11H18N2. The van der Waals surface area contributed by atoms with Crippen molar-refractivity contribution in [2.75, 3.05) is 13.1 Å². The maximum absolute atomic E-state index is 8.33. The Morgan fingerprint density at radius 3 is 2.69 bits per heavy atom. The van der Waals surface area contributed by atoms with Crippen molar-refractivity contribution in [2.24, 2.45) is 0 Å². The fraction of sp³-hybridized carbons (Fsp3) is 0.727. The first-order chi connectivity index (χ1) is 6.43. The van der Waals surface area contributed by atoms with Crippen LogP contribution in [0.4, 0.5) is 0 Å². The van der Waals surface area contributed by atoms with Crippen LogP contribution in [0.15, 0.2) is 12.3 Å². The van der Waals surface area contributed by atoms with Crippen molar-refractivity contribution in [3.63, 3.8) is 0 Å². The number of nitrogens with zero attached hydrogens (tertiary/aromatic N) is 2. The van der Waals surface area contributed by atoms with Crippen molar-refractivity contribution in [2.45, 2.75) is 38.5 Å². The van der Waals surface area contributed by atoms with Crippen LogP contribution in [0.25, 0.3) is 0 Å². The second-order valence-corrected chi connectivity index (χ2v) is 3.53. The molecule has 0 unspecified atom stereocenters. The SMILES string of the molecule is N#CCCC/C=C/N1CCCCC1. The molecule has 0 N–H and O–H groups in total. The summed E-state index contributed by atoms with van der Waals surface area (Å²) in [5.74, 6) is 0. The minimum Gasteiger partial charge on any atom is -0.378 e. The second-order valence-electron chi connectivity index (χ2n) is 3.53. The summed E-state index contributed by atoms with van der Waals surface area (Å²) in [5, 5.41) is 8.33. The zero-order valence-corrected chi connectivity index (χ0v) is 8.21. The molecule has 0 aromatic rings. The molecule has 2 nitrogen and oxygen atoms in total. The van der Waals surface area contributed by atoms with Crippen molar-refractivity contribution < 1.29 is 0 Å².